The third kappa shape index (κ3) is 3.76. The van der Waals surface area contributed by atoms with Gasteiger partial charge < -0.3 is 4.90 Å². The predicted molar refractivity (Wildman–Crippen MR) is 75.9 cm³/mol. The van der Waals surface area contributed by atoms with Gasteiger partial charge in [0.05, 0.1) is 4.47 Å². The first-order chi connectivity index (χ1) is 8.04. The van der Waals surface area contributed by atoms with E-state index in [0.29, 0.717) is 4.47 Å². The molecule has 17 heavy (non-hydrogen) atoms. The third-order valence-electron chi connectivity index (χ3n) is 3.18. The second kappa shape index (κ2) is 5.81. The van der Waals surface area contributed by atoms with Crippen LogP contribution in [0.15, 0.2) is 22.7 Å². The standard InChI is InChI=1S/C13H16Br2FN/c1-17(8-10-4-11(14)5-10)7-9-2-3-13(16)12(15)6-9/h2-3,6,10-11H,4-5,7-8H2,1H3. The van der Waals surface area contributed by atoms with Crippen LogP contribution in [0.25, 0.3) is 0 Å². The summed E-state index contributed by atoms with van der Waals surface area (Å²) in [7, 11) is 2.12. The van der Waals surface area contributed by atoms with Crippen LogP contribution in [0, 0.1) is 11.7 Å². The highest BCUT2D eigenvalue weighted by Gasteiger charge is 2.27. The first kappa shape index (κ1) is 13.5. The van der Waals surface area contributed by atoms with Crippen LogP contribution in [0.3, 0.4) is 0 Å². The summed E-state index contributed by atoms with van der Waals surface area (Å²) < 4.78 is 13.6. The Balaban J connectivity index is 1.85. The molecule has 0 bridgehead atoms. The van der Waals surface area contributed by atoms with Gasteiger partial charge in [-0.3, -0.25) is 0 Å². The maximum atomic E-state index is 13.1. The fraction of sp³-hybridized carbons (Fsp3) is 0.538. The molecule has 94 valence electrons. The minimum atomic E-state index is -0.197. The van der Waals surface area contributed by atoms with Gasteiger partial charge in [0.2, 0.25) is 0 Å². The molecule has 1 fully saturated rings. The molecule has 0 aromatic heterocycles. The third-order valence-corrected chi connectivity index (χ3v) is 4.54. The zero-order chi connectivity index (χ0) is 12.4. The Labute approximate surface area is 119 Å². The molecule has 1 aliphatic rings. The maximum Gasteiger partial charge on any atom is 0.137 e. The van der Waals surface area contributed by atoms with E-state index in [9.17, 15) is 4.39 Å². The highest BCUT2D eigenvalue weighted by Crippen LogP contribution is 2.33. The largest absolute Gasteiger partial charge is 0.302 e. The van der Waals surface area contributed by atoms with Crippen LogP contribution in [-0.4, -0.2) is 23.3 Å². The van der Waals surface area contributed by atoms with Gasteiger partial charge in [-0.05, 0) is 59.4 Å². The Bertz CT molecular complexity index is 391. The molecule has 0 spiro atoms. The Morgan fingerprint density at radius 3 is 2.71 bits per heavy atom. The Kier molecular flexibility index (Phi) is 4.61. The Hall–Kier alpha value is 0.0700. The van der Waals surface area contributed by atoms with Crippen molar-refractivity contribution in [1.29, 1.82) is 0 Å². The van der Waals surface area contributed by atoms with Crippen molar-refractivity contribution in [3.63, 3.8) is 0 Å². The van der Waals surface area contributed by atoms with Gasteiger partial charge in [-0.15, -0.1) is 0 Å². The summed E-state index contributed by atoms with van der Waals surface area (Å²) in [6.07, 6.45) is 2.55. The molecule has 0 radical (unpaired) electrons. The molecule has 0 unspecified atom stereocenters. The van der Waals surface area contributed by atoms with Gasteiger partial charge in [0, 0.05) is 17.9 Å². The molecule has 1 nitrogen and oxygen atoms in total. The first-order valence-corrected chi connectivity index (χ1v) is 7.52. The van der Waals surface area contributed by atoms with Crippen molar-refractivity contribution < 1.29 is 4.39 Å². The van der Waals surface area contributed by atoms with Crippen molar-refractivity contribution in [2.24, 2.45) is 5.92 Å². The fourth-order valence-corrected chi connectivity index (χ4v) is 3.74. The zero-order valence-corrected chi connectivity index (χ0v) is 13.0. The van der Waals surface area contributed by atoms with Gasteiger partial charge >= 0.3 is 0 Å². The lowest BCUT2D eigenvalue weighted by Crippen LogP contribution is -2.34. The molecule has 1 aromatic carbocycles. The summed E-state index contributed by atoms with van der Waals surface area (Å²) in [6.45, 7) is 2.00. The summed E-state index contributed by atoms with van der Waals surface area (Å²) >= 11 is 6.83. The van der Waals surface area contributed by atoms with E-state index in [0.717, 1.165) is 29.4 Å². The zero-order valence-electron chi connectivity index (χ0n) is 9.80. The van der Waals surface area contributed by atoms with Gasteiger partial charge in [-0.1, -0.05) is 22.0 Å². The van der Waals surface area contributed by atoms with Crippen molar-refractivity contribution in [3.05, 3.63) is 34.1 Å². The Morgan fingerprint density at radius 2 is 2.12 bits per heavy atom. The van der Waals surface area contributed by atoms with Crippen LogP contribution in [0.4, 0.5) is 4.39 Å². The minimum Gasteiger partial charge on any atom is -0.302 e. The maximum absolute atomic E-state index is 13.1. The number of hydrogen-bond acceptors (Lipinski definition) is 1. The van der Waals surface area contributed by atoms with E-state index in [1.165, 1.54) is 18.9 Å². The van der Waals surface area contributed by atoms with Crippen molar-refractivity contribution in [3.8, 4) is 0 Å². The van der Waals surface area contributed by atoms with Gasteiger partial charge in [0.15, 0.2) is 0 Å². The van der Waals surface area contributed by atoms with Crippen LogP contribution >= 0.6 is 31.9 Å². The fourth-order valence-electron chi connectivity index (χ4n) is 2.26. The molecule has 0 N–H and O–H groups in total. The predicted octanol–water partition coefficient (Wildman–Crippen LogP) is 4.19. The normalized spacial score (nSPS) is 23.8. The van der Waals surface area contributed by atoms with Crippen LogP contribution in [0.1, 0.15) is 18.4 Å². The molecule has 4 heteroatoms. The topological polar surface area (TPSA) is 3.24 Å². The number of rotatable bonds is 4. The number of benzene rings is 1. The average Bonchev–Trinajstić information content (AvgIpc) is 2.21. The average molecular weight is 365 g/mol. The molecule has 0 saturated heterocycles. The van der Waals surface area contributed by atoms with Gasteiger partial charge in [0.1, 0.15) is 5.82 Å². The summed E-state index contributed by atoms with van der Waals surface area (Å²) in [5, 5.41) is 0. The van der Waals surface area contributed by atoms with E-state index in [2.05, 4.69) is 43.8 Å². The van der Waals surface area contributed by atoms with Crippen molar-refractivity contribution >= 4 is 31.9 Å². The number of nitrogens with zero attached hydrogens (tertiary/aromatic N) is 1. The number of hydrogen-bond donors (Lipinski definition) is 0. The van der Waals surface area contributed by atoms with E-state index in [4.69, 9.17) is 0 Å². The second-order valence-electron chi connectivity index (χ2n) is 4.88. The summed E-state index contributed by atoms with van der Waals surface area (Å²) in [5.41, 5.74) is 1.15. The molecular formula is C13H16Br2FN. The molecule has 1 saturated carbocycles. The molecule has 0 heterocycles. The van der Waals surface area contributed by atoms with Gasteiger partial charge in [0.25, 0.3) is 0 Å². The molecule has 1 aliphatic carbocycles. The molecular weight excluding hydrogens is 349 g/mol. The Morgan fingerprint density at radius 1 is 1.41 bits per heavy atom. The second-order valence-corrected chi connectivity index (χ2v) is 7.03. The van der Waals surface area contributed by atoms with E-state index < -0.39 is 0 Å². The number of halogens is 3. The van der Waals surface area contributed by atoms with Crippen LogP contribution in [0.5, 0.6) is 0 Å². The van der Waals surface area contributed by atoms with Gasteiger partial charge in [-0.2, -0.15) is 0 Å². The monoisotopic (exact) mass is 363 g/mol. The van der Waals surface area contributed by atoms with Crippen LogP contribution in [-0.2, 0) is 6.54 Å². The number of alkyl halides is 1. The molecule has 0 atom stereocenters. The summed E-state index contributed by atoms with van der Waals surface area (Å²) in [6, 6.07) is 5.23. The molecule has 1 aromatic rings. The van der Waals surface area contributed by atoms with Crippen LogP contribution < -0.4 is 0 Å². The van der Waals surface area contributed by atoms with E-state index >= 15 is 0 Å². The van der Waals surface area contributed by atoms with Crippen molar-refractivity contribution in [2.75, 3.05) is 13.6 Å². The summed E-state index contributed by atoms with van der Waals surface area (Å²) in [4.78, 5) is 3.03. The highest BCUT2D eigenvalue weighted by atomic mass is 79.9. The van der Waals surface area contributed by atoms with Crippen molar-refractivity contribution in [1.82, 2.24) is 4.90 Å². The molecule has 0 aliphatic heterocycles. The van der Waals surface area contributed by atoms with E-state index in [-0.39, 0.29) is 5.82 Å². The highest BCUT2D eigenvalue weighted by molar-refractivity contribution is 9.10. The van der Waals surface area contributed by atoms with E-state index in [1.54, 1.807) is 0 Å². The molecule has 2 rings (SSSR count). The lowest BCUT2D eigenvalue weighted by molar-refractivity contribution is 0.208. The lowest BCUT2D eigenvalue weighted by Gasteiger charge is -2.34. The quantitative estimate of drug-likeness (QED) is 0.724. The van der Waals surface area contributed by atoms with Crippen molar-refractivity contribution in [2.45, 2.75) is 24.2 Å². The smallest absolute Gasteiger partial charge is 0.137 e. The van der Waals surface area contributed by atoms with Gasteiger partial charge in [-0.25, -0.2) is 4.39 Å². The SMILES string of the molecule is CN(Cc1ccc(F)c(Br)c1)CC1CC(Br)C1. The first-order valence-electron chi connectivity index (χ1n) is 5.81. The minimum absolute atomic E-state index is 0.197. The summed E-state index contributed by atoms with van der Waals surface area (Å²) in [5.74, 6) is 0.616. The lowest BCUT2D eigenvalue weighted by atomic mass is 9.85. The molecule has 0 amide bonds. The van der Waals surface area contributed by atoms with Crippen LogP contribution in [0.2, 0.25) is 0 Å². The van der Waals surface area contributed by atoms with E-state index in [1.807, 2.05) is 12.1 Å².